The van der Waals surface area contributed by atoms with Gasteiger partial charge in [0, 0.05) is 51.5 Å². The van der Waals surface area contributed by atoms with Gasteiger partial charge in [0.1, 0.15) is 0 Å². The molecule has 0 aliphatic carbocycles. The molecule has 1 amide bonds. The summed E-state index contributed by atoms with van der Waals surface area (Å²) >= 11 is 0. The first kappa shape index (κ1) is 13.0. The molecule has 0 radical (unpaired) electrons. The Balaban J connectivity index is 1.87. The predicted octanol–water partition coefficient (Wildman–Crippen LogP) is 1.53. The highest BCUT2D eigenvalue weighted by Crippen LogP contribution is 2.09. The molecule has 0 atom stereocenters. The molecule has 1 fully saturated rings. The Labute approximate surface area is 109 Å². The van der Waals surface area contributed by atoms with Crippen molar-refractivity contribution in [2.24, 2.45) is 0 Å². The van der Waals surface area contributed by atoms with Crippen LogP contribution in [-0.4, -0.2) is 46.9 Å². The summed E-state index contributed by atoms with van der Waals surface area (Å²) < 4.78 is 0. The summed E-state index contributed by atoms with van der Waals surface area (Å²) in [5.74, 6) is 0.278. The molecule has 0 aromatic carbocycles. The quantitative estimate of drug-likeness (QED) is 0.812. The third-order valence-electron chi connectivity index (χ3n) is 3.40. The molecule has 0 saturated carbocycles. The second-order valence-electron chi connectivity index (χ2n) is 4.72. The van der Waals surface area contributed by atoms with Crippen LogP contribution < -0.4 is 0 Å². The van der Waals surface area contributed by atoms with Gasteiger partial charge in [-0.3, -0.25) is 14.7 Å². The fourth-order valence-corrected chi connectivity index (χ4v) is 2.35. The van der Waals surface area contributed by atoms with E-state index < -0.39 is 0 Å². The van der Waals surface area contributed by atoms with Crippen LogP contribution in [0.2, 0.25) is 0 Å². The molecule has 4 nitrogen and oxygen atoms in total. The monoisotopic (exact) mass is 247 g/mol. The highest BCUT2D eigenvalue weighted by Gasteiger charge is 2.17. The van der Waals surface area contributed by atoms with Gasteiger partial charge in [0.05, 0.1) is 0 Å². The lowest BCUT2D eigenvalue weighted by molar-refractivity contribution is -0.130. The fourth-order valence-electron chi connectivity index (χ4n) is 2.35. The van der Waals surface area contributed by atoms with E-state index >= 15 is 0 Å². The van der Waals surface area contributed by atoms with E-state index in [9.17, 15) is 4.79 Å². The summed E-state index contributed by atoms with van der Waals surface area (Å²) in [5, 5.41) is 0. The van der Waals surface area contributed by atoms with Crippen molar-refractivity contribution in [2.75, 3.05) is 26.2 Å². The molecule has 1 saturated heterocycles. The Morgan fingerprint density at radius 1 is 1.22 bits per heavy atom. The van der Waals surface area contributed by atoms with Gasteiger partial charge in [0.15, 0.2) is 0 Å². The zero-order chi connectivity index (χ0) is 12.8. The molecule has 18 heavy (non-hydrogen) atoms. The summed E-state index contributed by atoms with van der Waals surface area (Å²) in [7, 11) is 0. The molecule has 1 aliphatic rings. The average molecular weight is 247 g/mol. The van der Waals surface area contributed by atoms with Gasteiger partial charge in [-0.05, 0) is 24.1 Å². The molecule has 98 valence electrons. The number of rotatable bonds is 3. The maximum absolute atomic E-state index is 11.7. The second-order valence-corrected chi connectivity index (χ2v) is 4.72. The molecule has 0 bridgehead atoms. The molecule has 0 spiro atoms. The molecular weight excluding hydrogens is 226 g/mol. The minimum atomic E-state index is 0.278. The van der Waals surface area contributed by atoms with Gasteiger partial charge in [-0.2, -0.15) is 0 Å². The van der Waals surface area contributed by atoms with Crippen molar-refractivity contribution in [3.63, 3.8) is 0 Å². The van der Waals surface area contributed by atoms with Crippen molar-refractivity contribution >= 4 is 5.91 Å². The van der Waals surface area contributed by atoms with Crippen LogP contribution >= 0.6 is 0 Å². The highest BCUT2D eigenvalue weighted by atomic mass is 16.2. The molecular formula is C14H21N3O. The Morgan fingerprint density at radius 3 is 2.72 bits per heavy atom. The van der Waals surface area contributed by atoms with E-state index in [-0.39, 0.29) is 5.91 Å². The summed E-state index contributed by atoms with van der Waals surface area (Å²) in [4.78, 5) is 20.1. The average Bonchev–Trinajstić information content (AvgIpc) is 2.65. The largest absolute Gasteiger partial charge is 0.341 e. The van der Waals surface area contributed by atoms with Gasteiger partial charge < -0.3 is 4.90 Å². The third-order valence-corrected chi connectivity index (χ3v) is 3.40. The maximum Gasteiger partial charge on any atom is 0.222 e. The van der Waals surface area contributed by atoms with Crippen molar-refractivity contribution in [1.29, 1.82) is 0 Å². The number of amides is 1. The second kappa shape index (κ2) is 6.50. The number of pyridine rings is 1. The number of hydrogen-bond donors (Lipinski definition) is 0. The number of hydrogen-bond acceptors (Lipinski definition) is 3. The summed E-state index contributed by atoms with van der Waals surface area (Å²) in [5.41, 5.74) is 1.29. The van der Waals surface area contributed by atoms with Gasteiger partial charge in [0.2, 0.25) is 5.91 Å². The normalized spacial score (nSPS) is 17.5. The van der Waals surface area contributed by atoms with Crippen LogP contribution in [0.1, 0.15) is 25.3 Å². The van der Waals surface area contributed by atoms with Crippen LogP contribution in [0, 0.1) is 0 Å². The van der Waals surface area contributed by atoms with E-state index in [0.29, 0.717) is 6.42 Å². The lowest BCUT2D eigenvalue weighted by Gasteiger charge is -2.21. The smallest absolute Gasteiger partial charge is 0.222 e. The lowest BCUT2D eigenvalue weighted by atomic mass is 10.2. The zero-order valence-electron chi connectivity index (χ0n) is 11.0. The van der Waals surface area contributed by atoms with Crippen LogP contribution in [0.4, 0.5) is 0 Å². The van der Waals surface area contributed by atoms with E-state index in [4.69, 9.17) is 0 Å². The van der Waals surface area contributed by atoms with Gasteiger partial charge in [-0.1, -0.05) is 6.92 Å². The van der Waals surface area contributed by atoms with Crippen molar-refractivity contribution < 1.29 is 4.79 Å². The van der Waals surface area contributed by atoms with Gasteiger partial charge in [0.25, 0.3) is 0 Å². The van der Waals surface area contributed by atoms with Crippen LogP contribution in [0.25, 0.3) is 0 Å². The molecule has 2 heterocycles. The summed E-state index contributed by atoms with van der Waals surface area (Å²) in [6, 6.07) is 4.11. The van der Waals surface area contributed by atoms with E-state index in [2.05, 4.69) is 22.0 Å². The number of aromatic nitrogens is 1. The highest BCUT2D eigenvalue weighted by molar-refractivity contribution is 5.75. The standard InChI is InChI=1S/C14H21N3O/c1-2-14(18)17-9-3-8-16(10-11-17)12-13-4-6-15-7-5-13/h4-7H,2-3,8-12H2,1H3. The third kappa shape index (κ3) is 3.53. The Morgan fingerprint density at radius 2 is 2.00 bits per heavy atom. The molecule has 1 aromatic heterocycles. The maximum atomic E-state index is 11.7. The van der Waals surface area contributed by atoms with Gasteiger partial charge in [-0.25, -0.2) is 0 Å². The zero-order valence-corrected chi connectivity index (χ0v) is 11.0. The topological polar surface area (TPSA) is 36.4 Å². The summed E-state index contributed by atoms with van der Waals surface area (Å²) in [6.45, 7) is 6.68. The van der Waals surface area contributed by atoms with Crippen molar-refractivity contribution in [3.8, 4) is 0 Å². The SMILES string of the molecule is CCC(=O)N1CCCN(Cc2ccncc2)CC1. The fraction of sp³-hybridized carbons (Fsp3) is 0.571. The minimum Gasteiger partial charge on any atom is -0.341 e. The van der Waals surface area contributed by atoms with E-state index in [1.165, 1.54) is 5.56 Å². The Hall–Kier alpha value is -1.42. The number of nitrogens with zero attached hydrogens (tertiary/aromatic N) is 3. The molecule has 0 unspecified atom stereocenters. The van der Waals surface area contributed by atoms with Gasteiger partial charge in [-0.15, -0.1) is 0 Å². The number of carbonyl (C=O) groups excluding carboxylic acids is 1. The van der Waals surface area contributed by atoms with Crippen molar-refractivity contribution in [2.45, 2.75) is 26.3 Å². The Kier molecular flexibility index (Phi) is 4.70. The first-order valence-corrected chi connectivity index (χ1v) is 6.68. The van der Waals surface area contributed by atoms with Crippen molar-refractivity contribution in [1.82, 2.24) is 14.8 Å². The molecule has 4 heteroatoms. The van der Waals surface area contributed by atoms with Gasteiger partial charge >= 0.3 is 0 Å². The van der Waals surface area contributed by atoms with E-state index in [0.717, 1.165) is 39.1 Å². The first-order valence-electron chi connectivity index (χ1n) is 6.68. The van der Waals surface area contributed by atoms with Crippen LogP contribution in [0.5, 0.6) is 0 Å². The summed E-state index contributed by atoms with van der Waals surface area (Å²) in [6.07, 6.45) is 5.35. The van der Waals surface area contributed by atoms with E-state index in [1.807, 2.05) is 24.2 Å². The molecule has 0 N–H and O–H groups in total. The molecule has 1 aromatic rings. The minimum absolute atomic E-state index is 0.278. The number of carbonyl (C=O) groups is 1. The van der Waals surface area contributed by atoms with Crippen LogP contribution in [-0.2, 0) is 11.3 Å². The van der Waals surface area contributed by atoms with E-state index in [1.54, 1.807) is 0 Å². The first-order chi connectivity index (χ1) is 8.79. The predicted molar refractivity (Wildman–Crippen MR) is 71.0 cm³/mol. The molecule has 1 aliphatic heterocycles. The van der Waals surface area contributed by atoms with Crippen LogP contribution in [0.3, 0.4) is 0 Å². The van der Waals surface area contributed by atoms with Crippen molar-refractivity contribution in [3.05, 3.63) is 30.1 Å². The van der Waals surface area contributed by atoms with Crippen LogP contribution in [0.15, 0.2) is 24.5 Å². The lowest BCUT2D eigenvalue weighted by Crippen LogP contribution is -2.34. The Bertz CT molecular complexity index is 380. The molecule has 2 rings (SSSR count).